The molecule has 0 radical (unpaired) electrons. The molecule has 0 atom stereocenters. The van der Waals surface area contributed by atoms with Crippen LogP contribution in [-0.4, -0.2) is 76.8 Å². The van der Waals surface area contributed by atoms with Crippen molar-refractivity contribution in [1.82, 2.24) is 14.8 Å². The minimum absolute atomic E-state index is 0.0955. The largest absolute Gasteiger partial charge is 0.465 e. The molecule has 2 N–H and O–H groups in total. The van der Waals surface area contributed by atoms with Crippen LogP contribution in [0.4, 0.5) is 10.6 Å². The van der Waals surface area contributed by atoms with E-state index >= 15 is 0 Å². The molecule has 1 spiro atoms. The number of likely N-dealkylation sites (tertiary alicyclic amines) is 1. The van der Waals surface area contributed by atoms with Crippen LogP contribution < -0.4 is 5.32 Å². The summed E-state index contributed by atoms with van der Waals surface area (Å²) < 4.78 is 6.62. The van der Waals surface area contributed by atoms with Crippen LogP contribution in [0.1, 0.15) is 6.42 Å². The van der Waals surface area contributed by atoms with Gasteiger partial charge in [-0.15, -0.1) is 0 Å². The van der Waals surface area contributed by atoms with E-state index in [1.807, 2.05) is 0 Å². The van der Waals surface area contributed by atoms with Crippen molar-refractivity contribution < 1.29 is 19.4 Å². The van der Waals surface area contributed by atoms with Gasteiger partial charge in [0.15, 0.2) is 0 Å². The topological polar surface area (TPSA) is 95.0 Å². The Morgan fingerprint density at radius 3 is 2.92 bits per heavy atom. The lowest BCUT2D eigenvalue weighted by molar-refractivity contribution is -0.174. The molecule has 0 bridgehead atoms. The van der Waals surface area contributed by atoms with Gasteiger partial charge < -0.3 is 20.1 Å². The Morgan fingerprint density at radius 2 is 2.21 bits per heavy atom. The number of ether oxygens (including phenoxy) is 1. The van der Waals surface area contributed by atoms with Crippen LogP contribution in [0.5, 0.6) is 0 Å². The zero-order valence-electron chi connectivity index (χ0n) is 13.1. The Kier molecular flexibility index (Phi) is 5.02. The summed E-state index contributed by atoms with van der Waals surface area (Å²) in [7, 11) is 0. The maximum atomic E-state index is 12.0. The highest BCUT2D eigenvalue weighted by Crippen LogP contribution is 2.29. The number of morpholine rings is 1. The second-order valence-corrected chi connectivity index (χ2v) is 7.02. The number of nitrogens with zero attached hydrogens (tertiary/aromatic N) is 3. The minimum Gasteiger partial charge on any atom is -0.465 e. The molecule has 0 unspecified atom stereocenters. The smallest absolute Gasteiger partial charge is 0.407 e. The number of carbonyl (C=O) groups is 2. The summed E-state index contributed by atoms with van der Waals surface area (Å²) in [6.07, 6.45) is 1.06. The molecule has 0 aliphatic carbocycles. The van der Waals surface area contributed by atoms with Crippen LogP contribution in [0.2, 0.25) is 0 Å². The average Bonchev–Trinajstić information content (AvgIpc) is 2.50. The highest BCUT2D eigenvalue weighted by Gasteiger charge is 2.49. The van der Waals surface area contributed by atoms with E-state index in [0.29, 0.717) is 45.0 Å². The lowest BCUT2D eigenvalue weighted by Gasteiger charge is -2.52. The number of anilines is 1. The molecule has 130 valence electrons. The molecule has 0 saturated carbocycles. The van der Waals surface area contributed by atoms with Crippen molar-refractivity contribution in [3.8, 4) is 0 Å². The van der Waals surface area contributed by atoms with E-state index in [1.165, 1.54) is 4.90 Å². The average molecular weight is 399 g/mol. The Balaban J connectivity index is 1.45. The Labute approximate surface area is 147 Å². The SMILES string of the molecule is O=C(CCN1CCOC2(C1)CN(C(=O)O)C2)Nc1cc(Br)ccn1. The Morgan fingerprint density at radius 1 is 1.42 bits per heavy atom. The molecular weight excluding hydrogens is 380 g/mol. The fraction of sp³-hybridized carbons (Fsp3) is 0.533. The summed E-state index contributed by atoms with van der Waals surface area (Å²) in [6.45, 7) is 3.36. The van der Waals surface area contributed by atoms with Crippen molar-refractivity contribution in [2.75, 3.05) is 44.6 Å². The van der Waals surface area contributed by atoms with Crippen molar-refractivity contribution in [1.29, 1.82) is 0 Å². The summed E-state index contributed by atoms with van der Waals surface area (Å²) in [5.74, 6) is 0.422. The van der Waals surface area contributed by atoms with Crippen molar-refractivity contribution in [3.05, 3.63) is 22.8 Å². The van der Waals surface area contributed by atoms with E-state index in [0.717, 1.165) is 11.0 Å². The van der Waals surface area contributed by atoms with E-state index in [4.69, 9.17) is 9.84 Å². The van der Waals surface area contributed by atoms with Gasteiger partial charge in [-0.3, -0.25) is 9.69 Å². The molecule has 8 nitrogen and oxygen atoms in total. The number of hydrogen-bond donors (Lipinski definition) is 2. The fourth-order valence-corrected chi connectivity index (χ4v) is 3.36. The van der Waals surface area contributed by atoms with Crippen molar-refractivity contribution in [2.45, 2.75) is 12.0 Å². The quantitative estimate of drug-likeness (QED) is 0.791. The summed E-state index contributed by atoms with van der Waals surface area (Å²) in [6, 6.07) is 3.54. The lowest BCUT2D eigenvalue weighted by Crippen LogP contribution is -2.71. The maximum Gasteiger partial charge on any atom is 0.407 e. The number of nitrogens with one attached hydrogen (secondary N) is 1. The van der Waals surface area contributed by atoms with Gasteiger partial charge in [0, 0.05) is 36.7 Å². The summed E-state index contributed by atoms with van der Waals surface area (Å²) in [5.41, 5.74) is -0.404. The number of carbonyl (C=O) groups excluding carboxylic acids is 1. The molecule has 2 aliphatic heterocycles. The summed E-state index contributed by atoms with van der Waals surface area (Å²) in [4.78, 5) is 30.5. The second kappa shape index (κ2) is 7.04. The standard InChI is InChI=1S/C15H19BrN4O4/c16-11-1-3-17-12(7-11)18-13(21)2-4-19-5-6-24-15(8-19)9-20(10-15)14(22)23/h1,3,7H,2,4-6,8-10H2,(H,22,23)(H,17,18,21). The molecule has 2 fully saturated rings. The highest BCUT2D eigenvalue weighted by atomic mass is 79.9. The first-order valence-corrected chi connectivity index (χ1v) is 8.51. The number of hydrogen-bond acceptors (Lipinski definition) is 5. The summed E-state index contributed by atoms with van der Waals surface area (Å²) in [5, 5.41) is 11.7. The molecule has 2 amide bonds. The van der Waals surface area contributed by atoms with Gasteiger partial charge in [0.25, 0.3) is 0 Å². The number of rotatable bonds is 4. The fourth-order valence-electron chi connectivity index (χ4n) is 3.03. The third-order valence-electron chi connectivity index (χ3n) is 4.20. The van der Waals surface area contributed by atoms with Gasteiger partial charge in [0.05, 0.1) is 19.7 Å². The van der Waals surface area contributed by atoms with E-state index in [9.17, 15) is 9.59 Å². The lowest BCUT2D eigenvalue weighted by atomic mass is 9.92. The van der Waals surface area contributed by atoms with E-state index in [-0.39, 0.29) is 5.91 Å². The van der Waals surface area contributed by atoms with E-state index in [2.05, 4.69) is 31.1 Å². The monoisotopic (exact) mass is 398 g/mol. The van der Waals surface area contributed by atoms with Gasteiger partial charge in [-0.2, -0.15) is 0 Å². The molecule has 1 aromatic heterocycles. The third kappa shape index (κ3) is 4.03. The first-order chi connectivity index (χ1) is 11.5. The molecule has 24 heavy (non-hydrogen) atoms. The third-order valence-corrected chi connectivity index (χ3v) is 4.69. The van der Waals surface area contributed by atoms with Crippen LogP contribution >= 0.6 is 15.9 Å². The predicted octanol–water partition coefficient (Wildman–Crippen LogP) is 1.24. The molecular formula is C15H19BrN4O4. The normalized spacial score (nSPS) is 19.8. The zero-order valence-corrected chi connectivity index (χ0v) is 14.7. The maximum absolute atomic E-state index is 12.0. The number of halogens is 1. The van der Waals surface area contributed by atoms with Crippen LogP contribution in [0.3, 0.4) is 0 Å². The molecule has 0 aromatic carbocycles. The van der Waals surface area contributed by atoms with E-state index < -0.39 is 11.7 Å². The van der Waals surface area contributed by atoms with Gasteiger partial charge in [0.2, 0.25) is 5.91 Å². The molecule has 1 aromatic rings. The molecule has 3 rings (SSSR count). The highest BCUT2D eigenvalue weighted by molar-refractivity contribution is 9.10. The van der Waals surface area contributed by atoms with Crippen molar-refractivity contribution >= 4 is 33.7 Å². The van der Waals surface area contributed by atoms with Gasteiger partial charge in [-0.05, 0) is 12.1 Å². The van der Waals surface area contributed by atoms with Crippen molar-refractivity contribution in [3.63, 3.8) is 0 Å². The summed E-state index contributed by atoms with van der Waals surface area (Å²) >= 11 is 3.34. The Bertz CT molecular complexity index is 636. The molecule has 9 heteroatoms. The number of amides is 2. The molecule has 3 heterocycles. The Hall–Kier alpha value is -1.71. The number of pyridine rings is 1. The second-order valence-electron chi connectivity index (χ2n) is 6.10. The molecule has 2 aliphatic rings. The molecule has 2 saturated heterocycles. The van der Waals surface area contributed by atoms with Crippen LogP contribution in [0.15, 0.2) is 22.8 Å². The van der Waals surface area contributed by atoms with Crippen LogP contribution in [0, 0.1) is 0 Å². The first-order valence-electron chi connectivity index (χ1n) is 7.71. The van der Waals surface area contributed by atoms with Crippen LogP contribution in [0.25, 0.3) is 0 Å². The van der Waals surface area contributed by atoms with Crippen molar-refractivity contribution in [2.24, 2.45) is 0 Å². The van der Waals surface area contributed by atoms with E-state index in [1.54, 1.807) is 18.3 Å². The zero-order chi connectivity index (χ0) is 17.2. The van der Waals surface area contributed by atoms with Gasteiger partial charge in [0.1, 0.15) is 11.4 Å². The van der Waals surface area contributed by atoms with Gasteiger partial charge in [-0.25, -0.2) is 9.78 Å². The first kappa shape index (κ1) is 17.1. The van der Waals surface area contributed by atoms with Crippen LogP contribution in [-0.2, 0) is 9.53 Å². The predicted molar refractivity (Wildman–Crippen MR) is 89.9 cm³/mol. The number of carboxylic acid groups (broad SMARTS) is 1. The van der Waals surface area contributed by atoms with Gasteiger partial charge >= 0.3 is 6.09 Å². The number of aromatic nitrogens is 1. The van der Waals surface area contributed by atoms with Gasteiger partial charge in [-0.1, -0.05) is 15.9 Å². The minimum atomic E-state index is -0.915.